The molecule has 0 spiro atoms. The molecular formula is C21H22N4O. The lowest BCUT2D eigenvalue weighted by atomic mass is 9.89. The van der Waals surface area contributed by atoms with Gasteiger partial charge in [-0.2, -0.15) is 0 Å². The number of hydrogen-bond acceptors (Lipinski definition) is 3. The molecule has 5 rings (SSSR count). The van der Waals surface area contributed by atoms with E-state index in [1.807, 2.05) is 33.8 Å². The number of likely N-dealkylation sites (tertiary alicyclic amines) is 1. The number of carbonyl (C=O) groups excluding carboxylic acids is 1. The van der Waals surface area contributed by atoms with Crippen molar-refractivity contribution >= 4 is 17.2 Å². The van der Waals surface area contributed by atoms with E-state index in [-0.39, 0.29) is 11.9 Å². The Morgan fingerprint density at radius 3 is 3.00 bits per heavy atom. The number of amides is 1. The molecule has 1 saturated heterocycles. The van der Waals surface area contributed by atoms with Crippen molar-refractivity contribution in [2.45, 2.75) is 25.3 Å². The van der Waals surface area contributed by atoms with Gasteiger partial charge >= 0.3 is 0 Å². The number of rotatable bonds is 1. The Hall–Kier alpha value is -2.66. The fraction of sp³-hybridized carbons (Fsp3) is 0.333. The maximum atomic E-state index is 13.5. The average molecular weight is 346 g/mol. The first-order chi connectivity index (χ1) is 12.6. The molecule has 132 valence electrons. The maximum absolute atomic E-state index is 13.5. The van der Waals surface area contributed by atoms with Gasteiger partial charge in [-0.3, -0.25) is 4.79 Å². The number of carbonyl (C=O) groups is 1. The van der Waals surface area contributed by atoms with Crippen LogP contribution >= 0.6 is 0 Å². The van der Waals surface area contributed by atoms with E-state index < -0.39 is 0 Å². The highest BCUT2D eigenvalue weighted by atomic mass is 16.2. The van der Waals surface area contributed by atoms with E-state index >= 15 is 0 Å². The van der Waals surface area contributed by atoms with Crippen LogP contribution in [0.25, 0.3) is 5.65 Å². The van der Waals surface area contributed by atoms with E-state index in [0.717, 1.165) is 30.8 Å². The van der Waals surface area contributed by atoms with Crippen LogP contribution in [0.2, 0.25) is 0 Å². The van der Waals surface area contributed by atoms with Crippen LogP contribution in [0.1, 0.15) is 33.8 Å². The summed E-state index contributed by atoms with van der Waals surface area (Å²) in [5.74, 6) is 0.479. The van der Waals surface area contributed by atoms with Crippen LogP contribution in [0.5, 0.6) is 0 Å². The minimum absolute atomic E-state index is 0.0859. The first-order valence-corrected chi connectivity index (χ1v) is 9.17. The number of piperidine rings is 1. The lowest BCUT2D eigenvalue weighted by Gasteiger charge is -2.36. The standard InChI is InChI=1S/C21H22N4O/c1-14-3-5-18-16(11-14)17-13-23(2)9-7-19(17)25(18)21(26)15-4-6-20-22-8-10-24(20)12-15/h3-6,8,10-12,17,19H,7,9,13H2,1-2H3. The third-order valence-corrected chi connectivity index (χ3v) is 5.81. The summed E-state index contributed by atoms with van der Waals surface area (Å²) in [6.07, 6.45) is 6.53. The molecule has 0 saturated carbocycles. The Balaban J connectivity index is 1.59. The molecule has 26 heavy (non-hydrogen) atoms. The van der Waals surface area contributed by atoms with Gasteiger partial charge in [-0.1, -0.05) is 17.7 Å². The van der Waals surface area contributed by atoms with Crippen molar-refractivity contribution in [2.75, 3.05) is 25.0 Å². The molecule has 1 aromatic carbocycles. The zero-order valence-electron chi connectivity index (χ0n) is 15.1. The summed E-state index contributed by atoms with van der Waals surface area (Å²) in [6.45, 7) is 4.16. The lowest BCUT2D eigenvalue weighted by Crippen LogP contribution is -2.47. The molecule has 5 heteroatoms. The topological polar surface area (TPSA) is 40.8 Å². The summed E-state index contributed by atoms with van der Waals surface area (Å²) < 4.78 is 1.91. The first-order valence-electron chi connectivity index (χ1n) is 9.17. The zero-order valence-corrected chi connectivity index (χ0v) is 15.1. The number of nitrogens with zero attached hydrogens (tertiary/aromatic N) is 4. The van der Waals surface area contributed by atoms with Gasteiger partial charge in [-0.05, 0) is 50.7 Å². The molecule has 4 heterocycles. The summed E-state index contributed by atoms with van der Waals surface area (Å²) in [5.41, 5.74) is 5.22. The number of imidazole rings is 1. The third-order valence-electron chi connectivity index (χ3n) is 5.81. The number of pyridine rings is 1. The van der Waals surface area contributed by atoms with E-state index in [0.29, 0.717) is 11.5 Å². The van der Waals surface area contributed by atoms with Gasteiger partial charge in [0.2, 0.25) is 0 Å². The van der Waals surface area contributed by atoms with Gasteiger partial charge in [0, 0.05) is 42.8 Å². The number of anilines is 1. The minimum Gasteiger partial charge on any atom is -0.306 e. The number of benzene rings is 1. The number of aryl methyl sites for hydroxylation is 1. The van der Waals surface area contributed by atoms with Gasteiger partial charge in [-0.15, -0.1) is 0 Å². The highest BCUT2D eigenvalue weighted by Gasteiger charge is 2.44. The predicted molar refractivity (Wildman–Crippen MR) is 102 cm³/mol. The van der Waals surface area contributed by atoms with Crippen LogP contribution in [0.4, 0.5) is 5.69 Å². The Morgan fingerprint density at radius 1 is 1.23 bits per heavy atom. The number of hydrogen-bond donors (Lipinski definition) is 0. The van der Waals surface area contributed by atoms with Crippen molar-refractivity contribution in [3.05, 3.63) is 65.6 Å². The molecule has 2 unspecified atom stereocenters. The second-order valence-electron chi connectivity index (χ2n) is 7.57. The Morgan fingerprint density at radius 2 is 2.12 bits per heavy atom. The van der Waals surface area contributed by atoms with Gasteiger partial charge < -0.3 is 14.2 Å². The number of likely N-dealkylation sites (N-methyl/N-ethyl adjacent to an activating group) is 1. The normalized spacial score (nSPS) is 22.5. The number of fused-ring (bicyclic) bond motifs is 4. The molecule has 0 aliphatic carbocycles. The Labute approximate surface area is 152 Å². The fourth-order valence-electron chi connectivity index (χ4n) is 4.53. The van der Waals surface area contributed by atoms with E-state index in [4.69, 9.17) is 0 Å². The summed E-state index contributed by atoms with van der Waals surface area (Å²) in [6, 6.07) is 10.5. The summed E-state index contributed by atoms with van der Waals surface area (Å²) in [5, 5.41) is 0. The molecule has 2 aromatic heterocycles. The minimum atomic E-state index is 0.0859. The molecule has 1 amide bonds. The summed E-state index contributed by atoms with van der Waals surface area (Å²) in [7, 11) is 2.17. The van der Waals surface area contributed by atoms with E-state index in [1.165, 1.54) is 11.1 Å². The molecule has 5 nitrogen and oxygen atoms in total. The quantitative estimate of drug-likeness (QED) is 0.680. The van der Waals surface area contributed by atoms with E-state index in [9.17, 15) is 4.79 Å². The van der Waals surface area contributed by atoms with Crippen LogP contribution in [-0.4, -0.2) is 46.4 Å². The highest BCUT2D eigenvalue weighted by molar-refractivity contribution is 6.08. The molecule has 1 fully saturated rings. The summed E-state index contributed by atoms with van der Waals surface area (Å²) in [4.78, 5) is 22.2. The van der Waals surface area contributed by atoms with Crippen LogP contribution in [0, 0.1) is 6.92 Å². The highest BCUT2D eigenvalue weighted by Crippen LogP contribution is 2.45. The Kier molecular flexibility index (Phi) is 3.40. The van der Waals surface area contributed by atoms with Gasteiger partial charge in [0.15, 0.2) is 0 Å². The van der Waals surface area contributed by atoms with E-state index in [1.54, 1.807) is 6.20 Å². The van der Waals surface area contributed by atoms with Crippen LogP contribution in [-0.2, 0) is 0 Å². The molecule has 2 atom stereocenters. The fourth-order valence-corrected chi connectivity index (χ4v) is 4.53. The smallest absolute Gasteiger partial charge is 0.260 e. The zero-order chi connectivity index (χ0) is 17.8. The predicted octanol–water partition coefficient (Wildman–Crippen LogP) is 3.09. The number of aromatic nitrogens is 2. The second kappa shape index (κ2) is 5.68. The maximum Gasteiger partial charge on any atom is 0.260 e. The van der Waals surface area contributed by atoms with E-state index in [2.05, 4.69) is 42.1 Å². The lowest BCUT2D eigenvalue weighted by molar-refractivity contribution is 0.0964. The first kappa shape index (κ1) is 15.6. The van der Waals surface area contributed by atoms with Gasteiger partial charge in [0.1, 0.15) is 5.65 Å². The average Bonchev–Trinajstić information content (AvgIpc) is 3.22. The monoisotopic (exact) mass is 346 g/mol. The molecule has 0 N–H and O–H groups in total. The molecular weight excluding hydrogens is 324 g/mol. The van der Waals surface area contributed by atoms with Crippen LogP contribution in [0.3, 0.4) is 0 Å². The van der Waals surface area contributed by atoms with Crippen molar-refractivity contribution in [3.63, 3.8) is 0 Å². The molecule has 0 bridgehead atoms. The van der Waals surface area contributed by atoms with Gasteiger partial charge in [0.05, 0.1) is 5.56 Å². The molecule has 2 aliphatic heterocycles. The van der Waals surface area contributed by atoms with Gasteiger partial charge in [0.25, 0.3) is 5.91 Å². The van der Waals surface area contributed by atoms with Crippen molar-refractivity contribution in [1.29, 1.82) is 0 Å². The van der Waals surface area contributed by atoms with Crippen molar-refractivity contribution < 1.29 is 4.79 Å². The second-order valence-corrected chi connectivity index (χ2v) is 7.57. The SMILES string of the molecule is Cc1ccc2c(c1)C1CN(C)CCC1N2C(=O)c1ccc2nccn2c1. The van der Waals surface area contributed by atoms with Crippen molar-refractivity contribution in [1.82, 2.24) is 14.3 Å². The third kappa shape index (κ3) is 2.27. The van der Waals surface area contributed by atoms with Gasteiger partial charge in [-0.25, -0.2) is 4.98 Å². The Bertz CT molecular complexity index is 1010. The summed E-state index contributed by atoms with van der Waals surface area (Å²) >= 11 is 0. The van der Waals surface area contributed by atoms with Crippen molar-refractivity contribution in [2.24, 2.45) is 0 Å². The van der Waals surface area contributed by atoms with Crippen LogP contribution in [0.15, 0.2) is 48.9 Å². The van der Waals surface area contributed by atoms with Crippen LogP contribution < -0.4 is 4.90 Å². The molecule has 0 radical (unpaired) electrons. The molecule has 2 aliphatic rings. The van der Waals surface area contributed by atoms with Crippen molar-refractivity contribution in [3.8, 4) is 0 Å². The largest absolute Gasteiger partial charge is 0.306 e. The molecule has 3 aromatic rings.